The fraction of sp³-hybridized carbons (Fsp3) is 0.0625. The molecule has 1 heterocycles. The van der Waals surface area contributed by atoms with E-state index in [1.165, 1.54) is 0 Å². The van der Waals surface area contributed by atoms with E-state index in [-0.39, 0.29) is 0 Å². The van der Waals surface area contributed by atoms with Crippen molar-refractivity contribution in [1.29, 1.82) is 0 Å². The van der Waals surface area contributed by atoms with Gasteiger partial charge in [-0.25, -0.2) is 0 Å². The standard InChI is InChI=1S/C16H13ClN2OS/c1-20-15-5-3-2-4-13(15)14-10-19(16(21)18-14)12-8-6-11(17)7-9-12/h2-10H,1H3,(H,18,21). The van der Waals surface area contributed by atoms with Crippen LogP contribution in [0, 0.1) is 4.77 Å². The molecule has 0 atom stereocenters. The molecule has 0 fully saturated rings. The fourth-order valence-electron chi connectivity index (χ4n) is 2.19. The highest BCUT2D eigenvalue weighted by Crippen LogP contribution is 2.29. The molecule has 0 bridgehead atoms. The molecular weight excluding hydrogens is 304 g/mol. The Morgan fingerprint density at radius 1 is 1.10 bits per heavy atom. The van der Waals surface area contributed by atoms with Crippen molar-refractivity contribution in [2.45, 2.75) is 0 Å². The van der Waals surface area contributed by atoms with Crippen molar-refractivity contribution in [3.05, 3.63) is 64.5 Å². The summed E-state index contributed by atoms with van der Waals surface area (Å²) in [5.41, 5.74) is 2.84. The normalized spacial score (nSPS) is 10.6. The van der Waals surface area contributed by atoms with Crippen LogP contribution in [0.4, 0.5) is 0 Å². The number of imidazole rings is 1. The molecule has 0 unspecified atom stereocenters. The number of benzene rings is 2. The van der Waals surface area contributed by atoms with Crippen LogP contribution in [0.15, 0.2) is 54.7 Å². The smallest absolute Gasteiger partial charge is 0.182 e. The number of halogens is 1. The molecule has 21 heavy (non-hydrogen) atoms. The molecule has 3 aromatic rings. The summed E-state index contributed by atoms with van der Waals surface area (Å²) in [6.45, 7) is 0. The van der Waals surface area contributed by atoms with Gasteiger partial charge in [0.25, 0.3) is 0 Å². The molecule has 0 radical (unpaired) electrons. The van der Waals surface area contributed by atoms with E-state index in [0.717, 1.165) is 22.7 Å². The Kier molecular flexibility index (Phi) is 3.82. The highest BCUT2D eigenvalue weighted by Gasteiger charge is 2.09. The largest absolute Gasteiger partial charge is 0.496 e. The van der Waals surface area contributed by atoms with Gasteiger partial charge in [0.15, 0.2) is 4.77 Å². The number of aromatic nitrogens is 2. The van der Waals surface area contributed by atoms with Crippen molar-refractivity contribution in [3.8, 4) is 22.7 Å². The summed E-state index contributed by atoms with van der Waals surface area (Å²) < 4.78 is 7.92. The van der Waals surface area contributed by atoms with E-state index in [9.17, 15) is 0 Å². The lowest BCUT2D eigenvalue weighted by Gasteiger charge is -2.05. The fourth-order valence-corrected chi connectivity index (χ4v) is 2.59. The van der Waals surface area contributed by atoms with Gasteiger partial charge in [0.2, 0.25) is 0 Å². The average molecular weight is 317 g/mol. The van der Waals surface area contributed by atoms with Crippen molar-refractivity contribution >= 4 is 23.8 Å². The van der Waals surface area contributed by atoms with Crippen LogP contribution < -0.4 is 4.74 Å². The van der Waals surface area contributed by atoms with Crippen molar-refractivity contribution in [2.24, 2.45) is 0 Å². The Morgan fingerprint density at radius 3 is 2.52 bits per heavy atom. The van der Waals surface area contributed by atoms with Crippen LogP contribution in [0.2, 0.25) is 5.02 Å². The zero-order valence-corrected chi connectivity index (χ0v) is 12.9. The lowest BCUT2D eigenvalue weighted by atomic mass is 10.1. The second-order valence-corrected chi connectivity index (χ2v) is 5.34. The van der Waals surface area contributed by atoms with E-state index in [1.807, 2.05) is 59.3 Å². The summed E-state index contributed by atoms with van der Waals surface area (Å²) in [6.07, 6.45) is 1.96. The van der Waals surface area contributed by atoms with E-state index in [2.05, 4.69) is 4.98 Å². The maximum absolute atomic E-state index is 5.92. The second kappa shape index (κ2) is 5.76. The third-order valence-electron chi connectivity index (χ3n) is 3.22. The van der Waals surface area contributed by atoms with Crippen molar-refractivity contribution < 1.29 is 4.74 Å². The molecule has 0 amide bonds. The van der Waals surface area contributed by atoms with E-state index in [4.69, 9.17) is 28.6 Å². The van der Waals surface area contributed by atoms with E-state index >= 15 is 0 Å². The minimum atomic E-state index is 0.623. The molecule has 1 N–H and O–H groups in total. The second-order valence-electron chi connectivity index (χ2n) is 4.52. The molecule has 0 aliphatic heterocycles. The lowest BCUT2D eigenvalue weighted by Crippen LogP contribution is -1.91. The number of aromatic amines is 1. The Balaban J connectivity index is 2.10. The van der Waals surface area contributed by atoms with Gasteiger partial charge in [0.05, 0.1) is 12.8 Å². The monoisotopic (exact) mass is 316 g/mol. The van der Waals surface area contributed by atoms with Crippen LogP contribution in [0.1, 0.15) is 0 Å². The Hall–Kier alpha value is -2.04. The van der Waals surface area contributed by atoms with Gasteiger partial charge in [-0.05, 0) is 48.6 Å². The van der Waals surface area contributed by atoms with Crippen LogP contribution >= 0.6 is 23.8 Å². The highest BCUT2D eigenvalue weighted by atomic mass is 35.5. The van der Waals surface area contributed by atoms with Crippen LogP contribution in [0.3, 0.4) is 0 Å². The number of ether oxygens (including phenoxy) is 1. The number of methoxy groups -OCH3 is 1. The Bertz CT molecular complexity index is 821. The third-order valence-corrected chi connectivity index (χ3v) is 3.77. The predicted molar refractivity (Wildman–Crippen MR) is 88.0 cm³/mol. The summed E-state index contributed by atoms with van der Waals surface area (Å²) in [5.74, 6) is 0.803. The van der Waals surface area contributed by atoms with Gasteiger partial charge in [0, 0.05) is 22.5 Å². The van der Waals surface area contributed by atoms with E-state index in [0.29, 0.717) is 9.79 Å². The van der Waals surface area contributed by atoms with Gasteiger partial charge in [-0.1, -0.05) is 23.7 Å². The van der Waals surface area contributed by atoms with E-state index in [1.54, 1.807) is 7.11 Å². The molecule has 2 aromatic carbocycles. The van der Waals surface area contributed by atoms with Crippen molar-refractivity contribution in [3.63, 3.8) is 0 Å². The molecule has 106 valence electrons. The van der Waals surface area contributed by atoms with Crippen LogP contribution in [-0.2, 0) is 0 Å². The molecule has 3 rings (SSSR count). The number of rotatable bonds is 3. The maximum Gasteiger partial charge on any atom is 0.182 e. The van der Waals surface area contributed by atoms with Crippen LogP contribution in [0.5, 0.6) is 5.75 Å². The first-order chi connectivity index (χ1) is 10.2. The van der Waals surface area contributed by atoms with Gasteiger partial charge in [-0.15, -0.1) is 0 Å². The van der Waals surface area contributed by atoms with Gasteiger partial charge < -0.3 is 9.72 Å². The topological polar surface area (TPSA) is 29.9 Å². The summed E-state index contributed by atoms with van der Waals surface area (Å²) in [7, 11) is 1.66. The minimum Gasteiger partial charge on any atom is -0.496 e. The lowest BCUT2D eigenvalue weighted by molar-refractivity contribution is 0.416. The number of nitrogens with zero attached hydrogens (tertiary/aromatic N) is 1. The molecule has 5 heteroatoms. The summed E-state index contributed by atoms with van der Waals surface area (Å²) in [6, 6.07) is 15.4. The molecule has 0 aliphatic carbocycles. The molecule has 3 nitrogen and oxygen atoms in total. The molecule has 0 spiro atoms. The van der Waals surface area contributed by atoms with Gasteiger partial charge >= 0.3 is 0 Å². The van der Waals surface area contributed by atoms with Crippen LogP contribution in [0.25, 0.3) is 16.9 Å². The number of hydrogen-bond donors (Lipinski definition) is 1. The predicted octanol–water partition coefficient (Wildman–Crippen LogP) is 4.86. The first-order valence-electron chi connectivity index (χ1n) is 6.40. The SMILES string of the molecule is COc1ccccc1-c1cn(-c2ccc(Cl)cc2)c(=S)[nH]1. The van der Waals surface area contributed by atoms with Gasteiger partial charge in [-0.3, -0.25) is 4.57 Å². The quantitative estimate of drug-likeness (QED) is 0.699. The van der Waals surface area contributed by atoms with Crippen molar-refractivity contribution in [2.75, 3.05) is 7.11 Å². The first-order valence-corrected chi connectivity index (χ1v) is 7.18. The first kappa shape index (κ1) is 13.9. The van der Waals surface area contributed by atoms with Gasteiger partial charge in [0.1, 0.15) is 5.75 Å². The number of nitrogens with one attached hydrogen (secondary N) is 1. The molecule has 1 aromatic heterocycles. The number of H-pyrrole nitrogens is 1. The summed E-state index contributed by atoms with van der Waals surface area (Å²) in [5, 5.41) is 0.700. The van der Waals surface area contributed by atoms with Crippen LogP contribution in [-0.4, -0.2) is 16.7 Å². The summed E-state index contributed by atoms with van der Waals surface area (Å²) in [4.78, 5) is 3.21. The van der Waals surface area contributed by atoms with Crippen molar-refractivity contribution in [1.82, 2.24) is 9.55 Å². The molecule has 0 saturated heterocycles. The minimum absolute atomic E-state index is 0.623. The number of hydrogen-bond acceptors (Lipinski definition) is 2. The zero-order chi connectivity index (χ0) is 14.8. The Labute approximate surface area is 132 Å². The van der Waals surface area contributed by atoms with E-state index < -0.39 is 0 Å². The third kappa shape index (κ3) is 2.73. The number of para-hydroxylation sites is 1. The molecule has 0 saturated carbocycles. The van der Waals surface area contributed by atoms with Gasteiger partial charge in [-0.2, -0.15) is 0 Å². The summed E-state index contributed by atoms with van der Waals surface area (Å²) >= 11 is 11.3. The highest BCUT2D eigenvalue weighted by molar-refractivity contribution is 7.71. The average Bonchev–Trinajstić information content (AvgIpc) is 2.90. The maximum atomic E-state index is 5.92. The zero-order valence-electron chi connectivity index (χ0n) is 11.3. The Morgan fingerprint density at radius 2 is 1.81 bits per heavy atom. The molecular formula is C16H13ClN2OS. The molecule has 0 aliphatic rings.